The molecule has 1 unspecified atom stereocenters. The maximum atomic E-state index is 14.4. The van der Waals surface area contributed by atoms with Gasteiger partial charge in [0.15, 0.2) is 4.80 Å². The first-order valence-electron chi connectivity index (χ1n) is 14.9. The fourth-order valence-corrected chi connectivity index (χ4v) is 6.78. The van der Waals surface area contributed by atoms with Gasteiger partial charge in [-0.3, -0.25) is 19.5 Å². The number of rotatable bonds is 8. The van der Waals surface area contributed by atoms with Crippen LogP contribution in [0.15, 0.2) is 88.2 Å². The number of nitro benzene ring substituents is 1. The number of nitro groups is 1. The monoisotopic (exact) mass is 639 g/mol. The first-order chi connectivity index (χ1) is 22.3. The Bertz CT molecular complexity index is 1990. The van der Waals surface area contributed by atoms with E-state index < -0.39 is 16.9 Å². The van der Waals surface area contributed by atoms with E-state index in [2.05, 4.69) is 16.8 Å². The van der Waals surface area contributed by atoms with Crippen molar-refractivity contribution in [1.82, 2.24) is 9.47 Å². The second kappa shape index (κ2) is 13.1. The molecule has 2 aliphatic heterocycles. The predicted octanol–water partition coefficient (Wildman–Crippen LogP) is 3.60. The van der Waals surface area contributed by atoms with E-state index in [1.165, 1.54) is 28.0 Å². The van der Waals surface area contributed by atoms with Crippen LogP contribution in [0.5, 0.6) is 5.75 Å². The molecule has 0 bridgehead atoms. The molecule has 2 aliphatic rings. The van der Waals surface area contributed by atoms with Gasteiger partial charge in [0, 0.05) is 55.1 Å². The van der Waals surface area contributed by atoms with E-state index in [9.17, 15) is 19.7 Å². The van der Waals surface area contributed by atoms with E-state index in [1.807, 2.05) is 42.5 Å². The Balaban J connectivity index is 1.60. The lowest BCUT2D eigenvalue weighted by Gasteiger charge is -2.34. The van der Waals surface area contributed by atoms with Crippen molar-refractivity contribution < 1.29 is 19.2 Å². The van der Waals surface area contributed by atoms with Crippen LogP contribution in [0.2, 0.25) is 0 Å². The number of carbonyl (C=O) groups is 1. The first-order valence-corrected chi connectivity index (χ1v) is 15.7. The number of esters is 1. The zero-order chi connectivity index (χ0) is 32.4. The van der Waals surface area contributed by atoms with Crippen LogP contribution in [0.4, 0.5) is 11.4 Å². The minimum absolute atomic E-state index is 0.0658. The van der Waals surface area contributed by atoms with Gasteiger partial charge in [-0.05, 0) is 43.8 Å². The maximum absolute atomic E-state index is 14.4. The number of hydrogen-bond donors (Lipinski definition) is 0. The molecule has 3 heterocycles. The minimum atomic E-state index is -0.847. The molecule has 1 aromatic heterocycles. The summed E-state index contributed by atoms with van der Waals surface area (Å²) < 4.78 is 12.8. The molecule has 6 rings (SSSR count). The first kappa shape index (κ1) is 30.9. The second-order valence-corrected chi connectivity index (χ2v) is 12.0. The highest BCUT2D eigenvalue weighted by Gasteiger charge is 2.35. The molecule has 46 heavy (non-hydrogen) atoms. The topological polar surface area (TPSA) is 120 Å². The van der Waals surface area contributed by atoms with E-state index in [0.29, 0.717) is 37.5 Å². The fourth-order valence-electron chi connectivity index (χ4n) is 5.79. The van der Waals surface area contributed by atoms with E-state index in [-0.39, 0.29) is 23.4 Å². The fraction of sp³-hybridized carbons (Fsp3) is 0.265. The molecule has 0 saturated carbocycles. The molecule has 0 radical (unpaired) electrons. The van der Waals surface area contributed by atoms with Gasteiger partial charge in [-0.2, -0.15) is 0 Å². The van der Waals surface area contributed by atoms with Crippen molar-refractivity contribution in [2.45, 2.75) is 13.0 Å². The molecular weight excluding hydrogens is 606 g/mol. The molecule has 236 valence electrons. The Kier molecular flexibility index (Phi) is 8.82. The van der Waals surface area contributed by atoms with Gasteiger partial charge in [0.1, 0.15) is 5.75 Å². The average Bonchev–Trinajstić information content (AvgIpc) is 3.38. The van der Waals surface area contributed by atoms with E-state index in [1.54, 1.807) is 38.3 Å². The zero-order valence-electron chi connectivity index (χ0n) is 25.7. The highest BCUT2D eigenvalue weighted by atomic mass is 32.1. The van der Waals surface area contributed by atoms with Crippen molar-refractivity contribution in [3.8, 4) is 5.75 Å². The third-order valence-electron chi connectivity index (χ3n) is 8.16. The van der Waals surface area contributed by atoms with E-state index in [0.717, 1.165) is 31.9 Å². The summed E-state index contributed by atoms with van der Waals surface area (Å²) in [4.78, 5) is 49.1. The molecule has 11 nitrogen and oxygen atoms in total. The number of piperazine rings is 1. The number of non-ortho nitro benzene ring substituents is 1. The van der Waals surface area contributed by atoms with Gasteiger partial charge in [-0.15, -0.1) is 0 Å². The van der Waals surface area contributed by atoms with Crippen molar-refractivity contribution in [2.24, 2.45) is 4.99 Å². The number of nitrogens with zero attached hydrogens (tertiary/aromatic N) is 5. The number of methoxy groups -OCH3 is 1. The molecule has 3 aromatic carbocycles. The Morgan fingerprint density at radius 3 is 2.43 bits per heavy atom. The van der Waals surface area contributed by atoms with Crippen LogP contribution in [0.3, 0.4) is 0 Å². The quantitative estimate of drug-likeness (QED) is 0.163. The Labute approximate surface area is 269 Å². The summed E-state index contributed by atoms with van der Waals surface area (Å²) in [6.07, 6.45) is 1.70. The van der Waals surface area contributed by atoms with Crippen LogP contribution in [0.25, 0.3) is 11.8 Å². The van der Waals surface area contributed by atoms with E-state index in [4.69, 9.17) is 14.5 Å². The maximum Gasteiger partial charge on any atom is 0.338 e. The summed E-state index contributed by atoms with van der Waals surface area (Å²) in [6, 6.07) is 20.4. The molecule has 1 atom stereocenters. The smallest absolute Gasteiger partial charge is 0.338 e. The summed E-state index contributed by atoms with van der Waals surface area (Å²) in [7, 11) is 3.63. The van der Waals surface area contributed by atoms with Crippen LogP contribution in [0, 0.1) is 10.1 Å². The highest BCUT2D eigenvalue weighted by Crippen LogP contribution is 2.36. The number of hydrogen-bond acceptors (Lipinski definition) is 10. The third kappa shape index (κ3) is 5.96. The lowest BCUT2D eigenvalue weighted by Crippen LogP contribution is -2.44. The van der Waals surface area contributed by atoms with Gasteiger partial charge in [-0.25, -0.2) is 9.79 Å². The summed E-state index contributed by atoms with van der Waals surface area (Å²) >= 11 is 1.18. The summed E-state index contributed by atoms with van der Waals surface area (Å²) in [5, 5.41) is 11.8. The molecule has 12 heteroatoms. The summed E-state index contributed by atoms with van der Waals surface area (Å²) in [5.41, 5.74) is 2.99. The standard InChI is InChI=1S/C34H33N5O6S/c1-4-45-33(41)29-30(22-8-6-5-7-9-22)35-34-38(31(29)23-10-13-26(44-3)14-11-23)32(40)28(46-34)21-24-20-25(39(42)43)12-15-27(24)37-18-16-36(2)17-19-37/h5-15,20-21,31H,4,16-19H2,1-3H3/b28-21-. The molecular formula is C34H33N5O6S. The molecule has 0 amide bonds. The molecule has 0 spiro atoms. The lowest BCUT2D eigenvalue weighted by molar-refractivity contribution is -0.384. The minimum Gasteiger partial charge on any atom is -0.497 e. The number of likely N-dealkylation sites (N-methyl/N-ethyl adjacent to an activating group) is 1. The molecule has 0 aliphatic carbocycles. The van der Waals surface area contributed by atoms with Crippen molar-refractivity contribution in [3.05, 3.63) is 125 Å². The van der Waals surface area contributed by atoms with Gasteiger partial charge in [0.05, 0.1) is 40.5 Å². The average molecular weight is 640 g/mol. The number of anilines is 1. The van der Waals surface area contributed by atoms with Crippen LogP contribution in [0.1, 0.15) is 29.7 Å². The number of ether oxygens (including phenoxy) is 2. The normalized spacial score (nSPS) is 17.0. The number of thiazole rings is 1. The Morgan fingerprint density at radius 2 is 1.78 bits per heavy atom. The van der Waals surface area contributed by atoms with Gasteiger partial charge < -0.3 is 19.3 Å². The highest BCUT2D eigenvalue weighted by molar-refractivity contribution is 7.07. The van der Waals surface area contributed by atoms with Gasteiger partial charge in [0.25, 0.3) is 11.2 Å². The third-order valence-corrected chi connectivity index (χ3v) is 9.14. The van der Waals surface area contributed by atoms with Gasteiger partial charge in [-0.1, -0.05) is 53.8 Å². The van der Waals surface area contributed by atoms with E-state index >= 15 is 0 Å². The number of aromatic nitrogens is 1. The largest absolute Gasteiger partial charge is 0.497 e. The van der Waals surface area contributed by atoms with Crippen LogP contribution in [-0.2, 0) is 9.53 Å². The predicted molar refractivity (Wildman–Crippen MR) is 177 cm³/mol. The van der Waals surface area contributed by atoms with Crippen molar-refractivity contribution in [1.29, 1.82) is 0 Å². The molecule has 1 fully saturated rings. The van der Waals surface area contributed by atoms with Gasteiger partial charge in [0.2, 0.25) is 0 Å². The number of carbonyl (C=O) groups excluding carboxylic acids is 1. The SMILES string of the molecule is CCOC(=O)C1=C(c2ccccc2)N=c2s/c(=C\c3cc([N+](=O)[O-])ccc3N3CCN(C)CC3)c(=O)n2C1c1ccc(OC)cc1. The molecule has 1 saturated heterocycles. The Morgan fingerprint density at radius 1 is 1.07 bits per heavy atom. The van der Waals surface area contributed by atoms with Crippen LogP contribution in [-0.4, -0.2) is 67.3 Å². The number of fused-ring (bicyclic) bond motifs is 1. The summed E-state index contributed by atoms with van der Waals surface area (Å²) in [6.45, 7) is 5.06. The van der Waals surface area contributed by atoms with Crippen molar-refractivity contribution in [2.75, 3.05) is 51.8 Å². The van der Waals surface area contributed by atoms with Crippen LogP contribution < -0.4 is 24.5 Å². The molecule has 4 aromatic rings. The molecule has 0 N–H and O–H groups in total. The van der Waals surface area contributed by atoms with Crippen LogP contribution >= 0.6 is 11.3 Å². The lowest BCUT2D eigenvalue weighted by atomic mass is 9.93. The van der Waals surface area contributed by atoms with Crippen molar-refractivity contribution >= 4 is 40.5 Å². The Hall–Kier alpha value is -5.07. The van der Waals surface area contributed by atoms with Gasteiger partial charge >= 0.3 is 5.97 Å². The number of benzene rings is 3. The zero-order valence-corrected chi connectivity index (χ0v) is 26.5. The summed E-state index contributed by atoms with van der Waals surface area (Å²) in [5.74, 6) is 0.0550. The van der Waals surface area contributed by atoms with Crippen molar-refractivity contribution in [3.63, 3.8) is 0 Å². The second-order valence-electron chi connectivity index (χ2n) is 11.0.